The van der Waals surface area contributed by atoms with E-state index in [1.54, 1.807) is 42.6 Å². The van der Waals surface area contributed by atoms with Gasteiger partial charge in [0.1, 0.15) is 28.6 Å². The monoisotopic (exact) mass is 883 g/mol. The van der Waals surface area contributed by atoms with Crippen molar-refractivity contribution in [3.8, 4) is 39.5 Å². The van der Waals surface area contributed by atoms with Crippen molar-refractivity contribution in [1.29, 1.82) is 0 Å². The Balaban J connectivity index is 0.792. The number of piperidine rings is 1. The second-order valence-corrected chi connectivity index (χ2v) is 16.8. The van der Waals surface area contributed by atoms with Crippen LogP contribution < -0.4 is 16.1 Å². The third-order valence-electron chi connectivity index (χ3n) is 12.5. The fourth-order valence-corrected chi connectivity index (χ4v) is 9.07. The Kier molecular flexibility index (Phi) is 10.7. The summed E-state index contributed by atoms with van der Waals surface area (Å²) in [5.41, 5.74) is 6.65. The van der Waals surface area contributed by atoms with E-state index < -0.39 is 23.6 Å². The number of carboxylic acids is 1. The van der Waals surface area contributed by atoms with Gasteiger partial charge in [0.25, 0.3) is 11.8 Å². The molecule has 0 radical (unpaired) electrons. The fraction of sp³-hybridized carbons (Fsp3) is 0.196. The van der Waals surface area contributed by atoms with E-state index in [1.807, 2.05) is 19.9 Å². The Bertz CT molecular complexity index is 3480. The van der Waals surface area contributed by atoms with Crippen molar-refractivity contribution >= 4 is 61.6 Å². The minimum atomic E-state index is -1.24. The Morgan fingerprint density at radius 2 is 1.65 bits per heavy atom. The number of benzene rings is 5. The van der Waals surface area contributed by atoms with Gasteiger partial charge in [-0.1, -0.05) is 6.07 Å². The van der Waals surface area contributed by atoms with Crippen LogP contribution in [0.5, 0.6) is 5.75 Å². The predicted molar refractivity (Wildman–Crippen MR) is 249 cm³/mol. The predicted octanol–water partition coefficient (Wildman–Crippen LogP) is 8.38. The number of pyridine rings is 1. The van der Waals surface area contributed by atoms with Gasteiger partial charge in [-0.05, 0) is 129 Å². The summed E-state index contributed by atoms with van der Waals surface area (Å²) in [6.07, 6.45) is 3.67. The zero-order valence-corrected chi connectivity index (χ0v) is 35.9. The summed E-state index contributed by atoms with van der Waals surface area (Å²) in [6.45, 7) is 6.55. The van der Waals surface area contributed by atoms with Crippen LogP contribution in [-0.2, 0) is 0 Å². The van der Waals surface area contributed by atoms with Crippen LogP contribution in [0.4, 0.5) is 4.39 Å². The van der Waals surface area contributed by atoms with Crippen molar-refractivity contribution in [3.05, 3.63) is 141 Å². The lowest BCUT2D eigenvalue weighted by atomic mass is 9.90. The number of aryl methyl sites for hydroxylation is 2. The lowest BCUT2D eigenvalue weighted by Crippen LogP contribution is -2.45. The zero-order chi connectivity index (χ0) is 45.8. The van der Waals surface area contributed by atoms with Gasteiger partial charge in [-0.15, -0.1) is 0 Å². The molecule has 0 saturated carbocycles. The summed E-state index contributed by atoms with van der Waals surface area (Å²) in [7, 11) is 0. The number of nitrogens with one attached hydrogen (secondary N) is 3. The van der Waals surface area contributed by atoms with Crippen LogP contribution in [0.25, 0.3) is 77.5 Å². The van der Waals surface area contributed by atoms with Gasteiger partial charge in [0, 0.05) is 87.9 Å². The first-order chi connectivity index (χ1) is 31.9. The normalized spacial score (nSPS) is 13.6. The molecule has 7 aromatic rings. The minimum Gasteiger partial charge on any atom is -0.508 e. The van der Waals surface area contributed by atoms with E-state index in [0.717, 1.165) is 27.4 Å². The molecule has 15 heteroatoms. The topological polar surface area (TPSA) is 204 Å². The second-order valence-electron chi connectivity index (χ2n) is 16.8. The number of phenols is 1. The largest absolute Gasteiger partial charge is 0.508 e. The van der Waals surface area contributed by atoms with Crippen molar-refractivity contribution < 1.29 is 33.4 Å². The number of halogens is 1. The quantitative estimate of drug-likeness (QED) is 0.0652. The van der Waals surface area contributed by atoms with Crippen molar-refractivity contribution in [2.45, 2.75) is 39.2 Å². The van der Waals surface area contributed by atoms with Gasteiger partial charge < -0.3 is 35.1 Å². The number of nitrogens with zero attached hydrogens (tertiary/aromatic N) is 4. The van der Waals surface area contributed by atoms with E-state index in [4.69, 9.17) is 14.4 Å². The van der Waals surface area contributed by atoms with Crippen LogP contribution in [0.15, 0.2) is 106 Å². The number of aromatic nitrogens is 4. The molecule has 0 spiro atoms. The number of aromatic carboxylic acids is 1. The van der Waals surface area contributed by atoms with Crippen LogP contribution in [-0.4, -0.2) is 85.1 Å². The lowest BCUT2D eigenvalue weighted by Gasteiger charge is -2.32. The maximum atomic E-state index is 14.6. The molecule has 2 amide bonds. The summed E-state index contributed by atoms with van der Waals surface area (Å²) in [6, 6.07) is 23.4. The summed E-state index contributed by atoms with van der Waals surface area (Å²) in [5, 5.41) is 29.2. The highest BCUT2D eigenvalue weighted by Gasteiger charge is 2.26. The van der Waals surface area contributed by atoms with Crippen molar-refractivity contribution in [2.24, 2.45) is 0 Å². The minimum absolute atomic E-state index is 0.000203. The van der Waals surface area contributed by atoms with Gasteiger partial charge in [-0.25, -0.2) is 19.2 Å². The lowest BCUT2D eigenvalue weighted by molar-refractivity contribution is 0.0697. The van der Waals surface area contributed by atoms with E-state index in [-0.39, 0.29) is 45.5 Å². The molecule has 3 aromatic heterocycles. The smallest absolute Gasteiger partial charge is 0.336 e. The summed E-state index contributed by atoms with van der Waals surface area (Å²) in [5.74, 6) is -2.31. The van der Waals surface area contributed by atoms with Crippen LogP contribution in [0.2, 0.25) is 0 Å². The average molecular weight is 884 g/mol. The highest BCUT2D eigenvalue weighted by Crippen LogP contribution is 2.42. The first-order valence-corrected chi connectivity index (χ1v) is 21.6. The maximum Gasteiger partial charge on any atom is 0.336 e. The number of amides is 2. The third kappa shape index (κ3) is 7.83. The molecule has 5 heterocycles. The molecule has 0 unspecified atom stereocenters. The number of carbonyl (C=O) groups is 3. The molecule has 2 aliphatic heterocycles. The number of aromatic amines is 1. The Morgan fingerprint density at radius 3 is 2.47 bits per heavy atom. The first kappa shape index (κ1) is 41.9. The molecular formula is C51H42FN7O7. The van der Waals surface area contributed by atoms with Gasteiger partial charge >= 0.3 is 5.97 Å². The molecule has 66 heavy (non-hydrogen) atoms. The zero-order valence-electron chi connectivity index (χ0n) is 35.9. The Hall–Kier alpha value is -8.04. The molecule has 330 valence electrons. The van der Waals surface area contributed by atoms with Gasteiger partial charge in [-0.3, -0.25) is 19.4 Å². The number of fused-ring (bicyclic) bond motifs is 6. The number of hydrogen-bond donors (Lipinski definition) is 5. The fourth-order valence-electron chi connectivity index (χ4n) is 9.07. The molecule has 10 rings (SSSR count). The summed E-state index contributed by atoms with van der Waals surface area (Å²) < 4.78 is 20.5. The number of rotatable bonds is 10. The number of carboxylic acid groups (broad SMARTS) is 1. The van der Waals surface area contributed by atoms with E-state index in [1.165, 1.54) is 42.5 Å². The summed E-state index contributed by atoms with van der Waals surface area (Å²) >= 11 is 0. The van der Waals surface area contributed by atoms with Gasteiger partial charge in [-0.2, -0.15) is 0 Å². The van der Waals surface area contributed by atoms with E-state index in [9.17, 15) is 33.8 Å². The van der Waals surface area contributed by atoms with E-state index in [0.29, 0.717) is 95.3 Å². The number of aromatic hydroxyl groups is 1. The number of phenolic OH excluding ortho intramolecular Hbond substituents is 1. The molecule has 0 atom stereocenters. The van der Waals surface area contributed by atoms with Gasteiger partial charge in [0.15, 0.2) is 5.43 Å². The molecule has 4 aromatic carbocycles. The average Bonchev–Trinajstić information content (AvgIpc) is 3.66. The van der Waals surface area contributed by atoms with Gasteiger partial charge in [0.05, 0.1) is 22.2 Å². The van der Waals surface area contributed by atoms with Crippen molar-refractivity contribution in [3.63, 3.8) is 0 Å². The van der Waals surface area contributed by atoms with Crippen LogP contribution in [0.3, 0.4) is 0 Å². The third-order valence-corrected chi connectivity index (χ3v) is 12.5. The molecular weight excluding hydrogens is 842 g/mol. The second kappa shape index (κ2) is 16.8. The molecule has 14 nitrogen and oxygen atoms in total. The number of hydrogen-bond acceptors (Lipinski definition) is 10. The molecule has 1 saturated heterocycles. The molecule has 5 N–H and O–H groups in total. The van der Waals surface area contributed by atoms with Crippen molar-refractivity contribution in [1.82, 2.24) is 35.5 Å². The van der Waals surface area contributed by atoms with Crippen LogP contribution in [0.1, 0.15) is 61.7 Å². The highest BCUT2D eigenvalue weighted by molar-refractivity contribution is 6.15. The van der Waals surface area contributed by atoms with Crippen LogP contribution >= 0.6 is 0 Å². The molecule has 3 aliphatic rings. The standard InChI is InChI=1S/C51H42FN7O7/c1-26-20-39-41(21-27(26)2)56-47-45(39)46(34-12-16-53-40-11-5-29(52)23-37(34)40)57-48(58-47)50(63)55-30-13-18-59(19-14-30)17-3-15-54-49(62)28-4-8-33(38(22-28)51(64)65)44-35-9-6-31(60)24-42(35)66-43-25-32(61)7-10-36(43)44/h4-12,16,20-25,30,60H,3,13-15,17-19H2,1-2H3,(H,54,62)(H,55,63)(H,64,65)(H,56,57,58). The van der Waals surface area contributed by atoms with Gasteiger partial charge in [0.2, 0.25) is 5.82 Å². The SMILES string of the molecule is Cc1cc2[nH]c3nc(C(=O)NC4CCN(CCCNC(=O)c5ccc(-c6c7ccc(=O)cc-7oc7cc(O)ccc67)c(C(=O)O)c5)CC4)nc(-c4ccnc5ccc(F)cc45)c3c2cc1C. The highest BCUT2D eigenvalue weighted by atomic mass is 19.1. The maximum absolute atomic E-state index is 14.6. The Labute approximate surface area is 375 Å². The van der Waals surface area contributed by atoms with Crippen molar-refractivity contribution in [2.75, 3.05) is 26.2 Å². The molecule has 0 bridgehead atoms. The van der Waals surface area contributed by atoms with E-state index >= 15 is 0 Å². The summed E-state index contributed by atoms with van der Waals surface area (Å²) in [4.78, 5) is 71.8. The van der Waals surface area contributed by atoms with E-state index in [2.05, 4.69) is 31.6 Å². The van der Waals surface area contributed by atoms with Crippen LogP contribution in [0, 0.1) is 19.7 Å². The molecule has 1 fully saturated rings. The number of H-pyrrole nitrogens is 1. The number of carbonyl (C=O) groups excluding carboxylic acids is 2. The Morgan fingerprint density at radius 1 is 0.848 bits per heavy atom. The first-order valence-electron chi connectivity index (χ1n) is 21.6. The number of likely N-dealkylation sites (tertiary alicyclic amines) is 1. The molecule has 1 aliphatic carbocycles.